The number of carbonyl (C=O) groups excluding carboxylic acids is 1. The molecule has 6 heteroatoms. The number of carbonyl (C=O) groups is 1. The van der Waals surface area contributed by atoms with E-state index < -0.39 is 0 Å². The van der Waals surface area contributed by atoms with Crippen LogP contribution in [0.1, 0.15) is 12.6 Å². The Morgan fingerprint density at radius 1 is 1.47 bits per heavy atom. The van der Waals surface area contributed by atoms with Crippen molar-refractivity contribution in [2.45, 2.75) is 24.3 Å². The molecule has 0 aliphatic rings. The summed E-state index contributed by atoms with van der Waals surface area (Å²) in [7, 11) is 1.90. The zero-order valence-corrected chi connectivity index (χ0v) is 11.9. The molecule has 0 radical (unpaired) electrons. The Morgan fingerprint density at radius 2 is 2.26 bits per heavy atom. The standard InChI is InChI=1S/C13H16N4OS/c1-9-5-4-6-11(15-9)16-12(18)10(2)19-13-14-7-8-17(13)3/h4-8,10H,1-3H3,(H,15,16,18). The van der Waals surface area contributed by atoms with Crippen LogP contribution in [0.4, 0.5) is 5.82 Å². The Labute approximate surface area is 116 Å². The van der Waals surface area contributed by atoms with Crippen molar-refractivity contribution in [2.75, 3.05) is 5.32 Å². The Morgan fingerprint density at radius 3 is 2.89 bits per heavy atom. The Kier molecular flexibility index (Phi) is 4.21. The molecule has 100 valence electrons. The molecule has 2 aromatic heterocycles. The van der Waals surface area contributed by atoms with Crippen LogP contribution in [0.2, 0.25) is 0 Å². The molecule has 0 spiro atoms. The third-order valence-electron chi connectivity index (χ3n) is 2.57. The van der Waals surface area contributed by atoms with Crippen LogP contribution >= 0.6 is 11.8 Å². The van der Waals surface area contributed by atoms with Crippen molar-refractivity contribution in [2.24, 2.45) is 7.05 Å². The fourth-order valence-corrected chi connectivity index (χ4v) is 2.35. The number of aromatic nitrogens is 3. The third-order valence-corrected chi connectivity index (χ3v) is 3.74. The van der Waals surface area contributed by atoms with E-state index in [0.717, 1.165) is 10.9 Å². The van der Waals surface area contributed by atoms with Gasteiger partial charge in [0.1, 0.15) is 5.82 Å². The van der Waals surface area contributed by atoms with E-state index in [1.165, 1.54) is 11.8 Å². The molecule has 19 heavy (non-hydrogen) atoms. The van der Waals surface area contributed by atoms with Gasteiger partial charge in [-0.05, 0) is 26.0 Å². The summed E-state index contributed by atoms with van der Waals surface area (Å²) < 4.78 is 1.89. The Balaban J connectivity index is 1.98. The first-order valence-electron chi connectivity index (χ1n) is 5.95. The highest BCUT2D eigenvalue weighted by molar-refractivity contribution is 8.00. The fraction of sp³-hybridized carbons (Fsp3) is 0.308. The summed E-state index contributed by atoms with van der Waals surface area (Å²) in [6, 6.07) is 5.54. The quantitative estimate of drug-likeness (QED) is 0.870. The second-order valence-corrected chi connectivity index (χ2v) is 5.54. The molecule has 1 atom stereocenters. The van der Waals surface area contributed by atoms with Gasteiger partial charge < -0.3 is 9.88 Å². The van der Waals surface area contributed by atoms with Gasteiger partial charge in [0, 0.05) is 25.1 Å². The van der Waals surface area contributed by atoms with Crippen molar-refractivity contribution in [1.82, 2.24) is 14.5 Å². The van der Waals surface area contributed by atoms with Gasteiger partial charge in [-0.25, -0.2) is 9.97 Å². The lowest BCUT2D eigenvalue weighted by Gasteiger charge is -2.11. The van der Waals surface area contributed by atoms with Gasteiger partial charge in [-0.2, -0.15) is 0 Å². The summed E-state index contributed by atoms with van der Waals surface area (Å²) in [4.78, 5) is 20.5. The highest BCUT2D eigenvalue weighted by atomic mass is 32.2. The topological polar surface area (TPSA) is 59.8 Å². The van der Waals surface area contributed by atoms with Crippen molar-refractivity contribution in [1.29, 1.82) is 0 Å². The Hall–Kier alpha value is -1.82. The second kappa shape index (κ2) is 5.88. The number of aryl methyl sites for hydroxylation is 2. The van der Waals surface area contributed by atoms with E-state index >= 15 is 0 Å². The van der Waals surface area contributed by atoms with Crippen molar-refractivity contribution < 1.29 is 4.79 Å². The lowest BCUT2D eigenvalue weighted by atomic mass is 10.3. The molecule has 0 saturated carbocycles. The molecule has 0 aromatic carbocycles. The molecule has 1 unspecified atom stereocenters. The Bertz CT molecular complexity index is 582. The normalized spacial score (nSPS) is 12.2. The maximum Gasteiger partial charge on any atom is 0.238 e. The first-order valence-corrected chi connectivity index (χ1v) is 6.83. The van der Waals surface area contributed by atoms with Crippen LogP contribution < -0.4 is 5.32 Å². The summed E-state index contributed by atoms with van der Waals surface area (Å²) in [6.45, 7) is 3.74. The van der Waals surface area contributed by atoms with Gasteiger partial charge in [-0.15, -0.1) is 0 Å². The van der Waals surface area contributed by atoms with Crippen LogP contribution in [0.3, 0.4) is 0 Å². The van der Waals surface area contributed by atoms with E-state index in [9.17, 15) is 4.79 Å². The van der Waals surface area contributed by atoms with Gasteiger partial charge in [0.05, 0.1) is 5.25 Å². The highest BCUT2D eigenvalue weighted by Gasteiger charge is 2.17. The minimum absolute atomic E-state index is 0.0777. The van der Waals surface area contributed by atoms with Crippen LogP contribution in [0, 0.1) is 6.92 Å². The number of nitrogens with one attached hydrogen (secondary N) is 1. The lowest BCUT2D eigenvalue weighted by molar-refractivity contribution is -0.115. The van der Waals surface area contributed by atoms with Gasteiger partial charge in [0.25, 0.3) is 0 Å². The van der Waals surface area contributed by atoms with Crippen molar-refractivity contribution in [3.05, 3.63) is 36.3 Å². The van der Waals surface area contributed by atoms with Crippen molar-refractivity contribution in [3.63, 3.8) is 0 Å². The first kappa shape index (κ1) is 13.6. The van der Waals surface area contributed by atoms with Crippen molar-refractivity contribution >= 4 is 23.5 Å². The van der Waals surface area contributed by atoms with Gasteiger partial charge in [-0.3, -0.25) is 4.79 Å². The lowest BCUT2D eigenvalue weighted by Crippen LogP contribution is -2.23. The third kappa shape index (κ3) is 3.57. The molecular formula is C13H16N4OS. The molecule has 0 aliphatic carbocycles. The molecule has 5 nitrogen and oxygen atoms in total. The molecule has 1 N–H and O–H groups in total. The number of hydrogen-bond donors (Lipinski definition) is 1. The number of amides is 1. The monoisotopic (exact) mass is 276 g/mol. The number of rotatable bonds is 4. The highest BCUT2D eigenvalue weighted by Crippen LogP contribution is 2.21. The average Bonchev–Trinajstić information content (AvgIpc) is 2.75. The number of imidazole rings is 1. The maximum atomic E-state index is 12.1. The average molecular weight is 276 g/mol. The van der Waals surface area contributed by atoms with E-state index in [4.69, 9.17) is 0 Å². The van der Waals surface area contributed by atoms with Crippen LogP contribution in [-0.2, 0) is 11.8 Å². The van der Waals surface area contributed by atoms with E-state index in [2.05, 4.69) is 15.3 Å². The minimum atomic E-state index is -0.233. The molecule has 0 aliphatic heterocycles. The van der Waals surface area contributed by atoms with Crippen LogP contribution in [-0.4, -0.2) is 25.7 Å². The van der Waals surface area contributed by atoms with Gasteiger partial charge >= 0.3 is 0 Å². The smallest absolute Gasteiger partial charge is 0.238 e. The zero-order valence-electron chi connectivity index (χ0n) is 11.1. The first-order chi connectivity index (χ1) is 9.06. The van der Waals surface area contributed by atoms with Gasteiger partial charge in [0.15, 0.2) is 5.16 Å². The van der Waals surface area contributed by atoms with E-state index in [1.54, 1.807) is 12.3 Å². The minimum Gasteiger partial charge on any atom is -0.329 e. The van der Waals surface area contributed by atoms with Crippen molar-refractivity contribution in [3.8, 4) is 0 Å². The molecule has 2 rings (SSSR count). The van der Waals surface area contributed by atoms with Gasteiger partial charge in [0.2, 0.25) is 5.91 Å². The number of thioether (sulfide) groups is 1. The molecular weight excluding hydrogens is 260 g/mol. The van der Waals surface area contributed by atoms with Crippen LogP contribution in [0.25, 0.3) is 0 Å². The molecule has 0 fully saturated rings. The molecule has 1 amide bonds. The summed E-state index contributed by atoms with van der Waals surface area (Å²) in [5.41, 5.74) is 0.877. The summed E-state index contributed by atoms with van der Waals surface area (Å²) in [5.74, 6) is 0.503. The zero-order chi connectivity index (χ0) is 13.8. The molecule has 2 aromatic rings. The van der Waals surface area contributed by atoms with Crippen LogP contribution in [0.15, 0.2) is 35.7 Å². The van der Waals surface area contributed by atoms with E-state index in [1.807, 2.05) is 43.8 Å². The van der Waals surface area contributed by atoms with E-state index in [0.29, 0.717) is 5.82 Å². The summed E-state index contributed by atoms with van der Waals surface area (Å²) in [5, 5.41) is 3.39. The predicted octanol–water partition coefficient (Wildman–Crippen LogP) is 2.24. The number of pyridine rings is 1. The van der Waals surface area contributed by atoms with Crippen LogP contribution in [0.5, 0.6) is 0 Å². The largest absolute Gasteiger partial charge is 0.329 e. The van der Waals surface area contributed by atoms with E-state index in [-0.39, 0.29) is 11.2 Å². The number of anilines is 1. The summed E-state index contributed by atoms with van der Waals surface area (Å²) in [6.07, 6.45) is 3.57. The second-order valence-electron chi connectivity index (χ2n) is 4.23. The fourth-order valence-electron chi connectivity index (χ4n) is 1.52. The SMILES string of the molecule is Cc1cccc(NC(=O)C(C)Sc2nccn2C)n1. The number of hydrogen-bond acceptors (Lipinski definition) is 4. The molecule has 0 saturated heterocycles. The van der Waals surface area contributed by atoms with Gasteiger partial charge in [-0.1, -0.05) is 17.8 Å². The molecule has 0 bridgehead atoms. The number of nitrogens with zero attached hydrogens (tertiary/aromatic N) is 3. The predicted molar refractivity (Wildman–Crippen MR) is 76.1 cm³/mol. The summed E-state index contributed by atoms with van der Waals surface area (Å²) >= 11 is 1.42. The molecule has 2 heterocycles. The maximum absolute atomic E-state index is 12.1.